The molecule has 1 atom stereocenters. The molecule has 0 aliphatic rings. The molecule has 92 valence electrons. The van der Waals surface area contributed by atoms with E-state index in [9.17, 15) is 4.39 Å². The Hall–Kier alpha value is -1.39. The van der Waals surface area contributed by atoms with E-state index in [1.807, 2.05) is 14.0 Å². The van der Waals surface area contributed by atoms with Crippen molar-refractivity contribution in [2.24, 2.45) is 0 Å². The van der Waals surface area contributed by atoms with Gasteiger partial charge in [0.1, 0.15) is 17.2 Å². The molecule has 0 aliphatic carbocycles. The fourth-order valence-corrected chi connectivity index (χ4v) is 2.00. The second-order valence-electron chi connectivity index (χ2n) is 4.03. The lowest BCUT2D eigenvalue weighted by Crippen LogP contribution is -2.21. The molecule has 3 nitrogen and oxygen atoms in total. The quantitative estimate of drug-likeness (QED) is 0.887. The normalized spacial score (nSPS) is 13.2. The molecule has 0 fully saturated rings. The Kier molecular flexibility index (Phi) is 3.45. The van der Waals surface area contributed by atoms with Gasteiger partial charge >= 0.3 is 0 Å². The first-order chi connectivity index (χ1) is 8.17. The van der Waals surface area contributed by atoms with Crippen LogP contribution in [-0.4, -0.2) is 20.8 Å². The lowest BCUT2D eigenvalue weighted by Gasteiger charge is -2.13. The number of likely N-dealkylation sites (N-methyl/N-ethyl adjacent to an activating group) is 1. The predicted octanol–water partition coefficient (Wildman–Crippen LogP) is 2.79. The van der Waals surface area contributed by atoms with Crippen molar-refractivity contribution in [1.29, 1.82) is 0 Å². The molecule has 2 rings (SSSR count). The maximum atomic E-state index is 13.2. The largest absolute Gasteiger partial charge is 0.459 e. The van der Waals surface area contributed by atoms with Gasteiger partial charge in [-0.2, -0.15) is 0 Å². The topological polar surface area (TPSA) is 34.4 Å². The molecule has 2 aromatic rings. The molecule has 0 amide bonds. The lowest BCUT2D eigenvalue weighted by atomic mass is 10.1. The summed E-state index contributed by atoms with van der Waals surface area (Å²) < 4.78 is 24.1. The fraction of sp³-hybridized carbons (Fsp3) is 0.385. The summed E-state index contributed by atoms with van der Waals surface area (Å²) >= 11 is 0. The summed E-state index contributed by atoms with van der Waals surface area (Å²) in [5.41, 5.74) is 1.66. The van der Waals surface area contributed by atoms with Crippen molar-refractivity contribution in [2.75, 3.05) is 20.8 Å². The van der Waals surface area contributed by atoms with Crippen molar-refractivity contribution in [3.63, 3.8) is 0 Å². The Morgan fingerprint density at radius 2 is 2.24 bits per heavy atom. The van der Waals surface area contributed by atoms with Crippen LogP contribution in [0.3, 0.4) is 0 Å². The zero-order valence-corrected chi connectivity index (χ0v) is 10.2. The van der Waals surface area contributed by atoms with Crippen molar-refractivity contribution >= 4 is 11.0 Å². The highest BCUT2D eigenvalue weighted by Gasteiger charge is 2.19. The summed E-state index contributed by atoms with van der Waals surface area (Å²) in [4.78, 5) is 0. The van der Waals surface area contributed by atoms with Gasteiger partial charge in [0, 0.05) is 18.1 Å². The third kappa shape index (κ3) is 2.18. The minimum absolute atomic E-state index is 0.0181. The summed E-state index contributed by atoms with van der Waals surface area (Å²) in [5, 5.41) is 3.94. The highest BCUT2D eigenvalue weighted by atomic mass is 19.1. The monoisotopic (exact) mass is 237 g/mol. The number of halogens is 1. The molecular formula is C13H16FNO2. The van der Waals surface area contributed by atoms with E-state index in [4.69, 9.17) is 9.15 Å². The second-order valence-corrected chi connectivity index (χ2v) is 4.03. The molecule has 0 radical (unpaired) electrons. The fourth-order valence-electron chi connectivity index (χ4n) is 2.00. The van der Waals surface area contributed by atoms with Gasteiger partial charge in [0.15, 0.2) is 0 Å². The average molecular weight is 237 g/mol. The molecule has 1 aromatic heterocycles. The zero-order chi connectivity index (χ0) is 12.4. The van der Waals surface area contributed by atoms with E-state index in [1.54, 1.807) is 13.2 Å². The van der Waals surface area contributed by atoms with E-state index in [-0.39, 0.29) is 11.9 Å². The summed E-state index contributed by atoms with van der Waals surface area (Å²) in [6.07, 6.45) is 0. The van der Waals surface area contributed by atoms with Gasteiger partial charge in [0.2, 0.25) is 0 Å². The summed E-state index contributed by atoms with van der Waals surface area (Å²) in [5.74, 6) is 0.552. The van der Waals surface area contributed by atoms with Gasteiger partial charge in [-0.3, -0.25) is 0 Å². The van der Waals surface area contributed by atoms with E-state index in [1.165, 1.54) is 12.1 Å². The van der Waals surface area contributed by atoms with Crippen LogP contribution in [0.5, 0.6) is 0 Å². The number of aryl methyl sites for hydroxylation is 1. The molecule has 0 bridgehead atoms. The smallest absolute Gasteiger partial charge is 0.134 e. The van der Waals surface area contributed by atoms with Gasteiger partial charge in [-0.05, 0) is 32.2 Å². The Morgan fingerprint density at radius 3 is 2.88 bits per heavy atom. The zero-order valence-electron chi connectivity index (χ0n) is 10.2. The minimum Gasteiger partial charge on any atom is -0.459 e. The SMILES string of the molecule is CNC(COC)c1oc2ccc(F)cc2c1C. The summed E-state index contributed by atoms with van der Waals surface area (Å²) in [6, 6.07) is 4.54. The first kappa shape index (κ1) is 12.1. The van der Waals surface area contributed by atoms with E-state index >= 15 is 0 Å². The van der Waals surface area contributed by atoms with E-state index in [2.05, 4.69) is 5.32 Å². The Labute approximate surface area is 99.6 Å². The highest BCUT2D eigenvalue weighted by molar-refractivity contribution is 5.82. The van der Waals surface area contributed by atoms with Gasteiger partial charge < -0.3 is 14.5 Å². The number of rotatable bonds is 4. The number of hydrogen-bond donors (Lipinski definition) is 1. The van der Waals surface area contributed by atoms with E-state index < -0.39 is 0 Å². The van der Waals surface area contributed by atoms with Crippen molar-refractivity contribution in [3.8, 4) is 0 Å². The van der Waals surface area contributed by atoms with Crippen molar-refractivity contribution in [3.05, 3.63) is 35.3 Å². The highest BCUT2D eigenvalue weighted by Crippen LogP contribution is 2.29. The molecule has 0 saturated heterocycles. The van der Waals surface area contributed by atoms with Crippen LogP contribution in [0.2, 0.25) is 0 Å². The number of hydrogen-bond acceptors (Lipinski definition) is 3. The molecule has 0 saturated carbocycles. The minimum atomic E-state index is -0.249. The van der Waals surface area contributed by atoms with Crippen molar-refractivity contribution in [1.82, 2.24) is 5.32 Å². The maximum Gasteiger partial charge on any atom is 0.134 e. The molecule has 0 aliphatic heterocycles. The molecule has 1 heterocycles. The van der Waals surface area contributed by atoms with Crippen LogP contribution in [0, 0.1) is 12.7 Å². The number of ether oxygens (including phenoxy) is 1. The van der Waals surface area contributed by atoms with Crippen molar-refractivity contribution in [2.45, 2.75) is 13.0 Å². The Morgan fingerprint density at radius 1 is 1.47 bits per heavy atom. The van der Waals surface area contributed by atoms with Gasteiger partial charge in [-0.1, -0.05) is 0 Å². The van der Waals surface area contributed by atoms with Crippen LogP contribution >= 0.6 is 0 Å². The van der Waals surface area contributed by atoms with E-state index in [0.717, 1.165) is 16.7 Å². The molecule has 0 spiro atoms. The number of benzene rings is 1. The summed E-state index contributed by atoms with van der Waals surface area (Å²) in [7, 11) is 3.49. The second kappa shape index (κ2) is 4.85. The Bertz CT molecular complexity index is 521. The molecule has 1 N–H and O–H groups in total. The van der Waals surface area contributed by atoms with Crippen molar-refractivity contribution < 1.29 is 13.5 Å². The molecular weight excluding hydrogens is 221 g/mol. The Balaban J connectivity index is 2.51. The van der Waals surface area contributed by atoms with Crippen LogP contribution in [0.1, 0.15) is 17.4 Å². The molecule has 1 aromatic carbocycles. The lowest BCUT2D eigenvalue weighted by molar-refractivity contribution is 0.161. The summed E-state index contributed by atoms with van der Waals surface area (Å²) in [6.45, 7) is 2.44. The first-order valence-electron chi connectivity index (χ1n) is 5.52. The molecule has 4 heteroatoms. The van der Waals surface area contributed by atoms with Gasteiger partial charge in [0.25, 0.3) is 0 Å². The standard InChI is InChI=1S/C13H16FNO2/c1-8-10-6-9(14)4-5-12(10)17-13(8)11(15-2)7-16-3/h4-6,11,15H,7H2,1-3H3. The maximum absolute atomic E-state index is 13.2. The molecule has 1 unspecified atom stereocenters. The van der Waals surface area contributed by atoms with Gasteiger partial charge in [0.05, 0.1) is 12.6 Å². The number of fused-ring (bicyclic) bond motifs is 1. The van der Waals surface area contributed by atoms with Crippen LogP contribution < -0.4 is 5.32 Å². The van der Waals surface area contributed by atoms with Crippen LogP contribution in [0.4, 0.5) is 4.39 Å². The van der Waals surface area contributed by atoms with Crippen LogP contribution in [-0.2, 0) is 4.74 Å². The number of furan rings is 1. The number of nitrogens with one attached hydrogen (secondary N) is 1. The third-order valence-corrected chi connectivity index (χ3v) is 2.93. The average Bonchev–Trinajstić information content (AvgIpc) is 2.64. The first-order valence-corrected chi connectivity index (χ1v) is 5.52. The van der Waals surface area contributed by atoms with Crippen LogP contribution in [0.15, 0.2) is 22.6 Å². The van der Waals surface area contributed by atoms with Gasteiger partial charge in [-0.25, -0.2) is 4.39 Å². The number of methoxy groups -OCH3 is 1. The van der Waals surface area contributed by atoms with Gasteiger partial charge in [-0.15, -0.1) is 0 Å². The van der Waals surface area contributed by atoms with E-state index in [0.29, 0.717) is 12.2 Å². The predicted molar refractivity (Wildman–Crippen MR) is 64.6 cm³/mol. The third-order valence-electron chi connectivity index (χ3n) is 2.93. The van der Waals surface area contributed by atoms with Crippen LogP contribution in [0.25, 0.3) is 11.0 Å². The molecule has 17 heavy (non-hydrogen) atoms.